The molecule has 2 nitrogen and oxygen atoms in total. The van der Waals surface area contributed by atoms with E-state index in [0.717, 1.165) is 0 Å². The number of ketones is 1. The molecule has 0 unspecified atom stereocenters. The number of hydrogen-bond donors (Lipinski definition) is 0. The fourth-order valence-corrected chi connectivity index (χ4v) is 1.59. The van der Waals surface area contributed by atoms with E-state index in [9.17, 15) is 4.79 Å². The van der Waals surface area contributed by atoms with Gasteiger partial charge in [0.05, 0.1) is 6.10 Å². The lowest BCUT2D eigenvalue weighted by atomic mass is 9.87. The van der Waals surface area contributed by atoms with Crippen molar-refractivity contribution >= 4 is 17.5 Å². The first-order valence-corrected chi connectivity index (χ1v) is 6.20. The molecule has 0 radical (unpaired) electrons. The summed E-state index contributed by atoms with van der Waals surface area (Å²) < 4.78 is 5.33. The third-order valence-corrected chi connectivity index (χ3v) is 3.47. The Labute approximate surface area is 91.8 Å². The van der Waals surface area contributed by atoms with Crippen molar-refractivity contribution in [1.29, 1.82) is 0 Å². The maximum absolute atomic E-state index is 11.8. The molecule has 0 saturated carbocycles. The SMILES string of the molecule is CO[C@H](CC(=O)C(C)(C)C)[C@@H](C)SC. The van der Waals surface area contributed by atoms with Crippen molar-refractivity contribution in [3.8, 4) is 0 Å². The van der Waals surface area contributed by atoms with Gasteiger partial charge < -0.3 is 4.74 Å². The minimum atomic E-state index is -0.255. The number of carbonyl (C=O) groups excluding carboxylic acids is 1. The van der Waals surface area contributed by atoms with Crippen LogP contribution in [0.5, 0.6) is 0 Å². The van der Waals surface area contributed by atoms with Crippen LogP contribution in [-0.4, -0.2) is 30.5 Å². The second-order valence-electron chi connectivity index (χ2n) is 4.59. The number of carbonyl (C=O) groups is 1. The summed E-state index contributed by atoms with van der Waals surface area (Å²) in [5.41, 5.74) is -0.255. The molecule has 0 heterocycles. The van der Waals surface area contributed by atoms with Crippen LogP contribution in [0.2, 0.25) is 0 Å². The Bertz CT molecular complexity index is 184. The van der Waals surface area contributed by atoms with Gasteiger partial charge in [-0.15, -0.1) is 0 Å². The smallest absolute Gasteiger partial charge is 0.140 e. The highest BCUT2D eigenvalue weighted by molar-refractivity contribution is 7.99. The molecular formula is C11H22O2S. The Morgan fingerprint density at radius 2 is 1.93 bits per heavy atom. The minimum absolute atomic E-state index is 0.0386. The van der Waals surface area contributed by atoms with Crippen LogP contribution in [-0.2, 0) is 9.53 Å². The van der Waals surface area contributed by atoms with Gasteiger partial charge in [0, 0.05) is 24.2 Å². The van der Waals surface area contributed by atoms with E-state index in [0.29, 0.717) is 11.7 Å². The second-order valence-corrected chi connectivity index (χ2v) is 5.81. The molecule has 0 saturated heterocycles. The van der Waals surface area contributed by atoms with Crippen LogP contribution in [0.15, 0.2) is 0 Å². The molecule has 0 aliphatic heterocycles. The normalized spacial score (nSPS) is 16.4. The molecule has 0 rings (SSSR count). The molecule has 0 aliphatic carbocycles. The van der Waals surface area contributed by atoms with Crippen LogP contribution in [0, 0.1) is 5.41 Å². The third kappa shape index (κ3) is 4.47. The molecule has 3 heteroatoms. The van der Waals surface area contributed by atoms with Crippen molar-refractivity contribution in [3.05, 3.63) is 0 Å². The van der Waals surface area contributed by atoms with Gasteiger partial charge in [-0.25, -0.2) is 0 Å². The standard InChI is InChI=1S/C11H22O2S/c1-8(14-6)9(13-5)7-10(12)11(2,3)4/h8-9H,7H2,1-6H3/t8-,9-/m1/s1. The van der Waals surface area contributed by atoms with Crippen molar-refractivity contribution in [2.24, 2.45) is 5.41 Å². The van der Waals surface area contributed by atoms with Crippen molar-refractivity contribution < 1.29 is 9.53 Å². The van der Waals surface area contributed by atoms with E-state index in [4.69, 9.17) is 4.74 Å². The van der Waals surface area contributed by atoms with E-state index in [1.165, 1.54) is 0 Å². The number of thioether (sulfide) groups is 1. The zero-order valence-corrected chi connectivity index (χ0v) is 10.9. The topological polar surface area (TPSA) is 26.3 Å². The van der Waals surface area contributed by atoms with Crippen molar-refractivity contribution in [1.82, 2.24) is 0 Å². The lowest BCUT2D eigenvalue weighted by Crippen LogP contribution is -2.31. The Balaban J connectivity index is 4.26. The molecular weight excluding hydrogens is 196 g/mol. The average molecular weight is 218 g/mol. The average Bonchev–Trinajstić information content (AvgIpc) is 2.10. The highest BCUT2D eigenvalue weighted by atomic mass is 32.2. The fourth-order valence-electron chi connectivity index (χ4n) is 1.08. The Hall–Kier alpha value is -0.0200. The fraction of sp³-hybridized carbons (Fsp3) is 0.909. The molecule has 0 aromatic carbocycles. The van der Waals surface area contributed by atoms with Crippen LogP contribution >= 0.6 is 11.8 Å². The zero-order chi connectivity index (χ0) is 11.4. The van der Waals surface area contributed by atoms with Gasteiger partial charge in [0.1, 0.15) is 5.78 Å². The van der Waals surface area contributed by atoms with Gasteiger partial charge in [-0.2, -0.15) is 11.8 Å². The van der Waals surface area contributed by atoms with Crippen LogP contribution in [0.4, 0.5) is 0 Å². The Morgan fingerprint density at radius 1 is 1.43 bits per heavy atom. The van der Waals surface area contributed by atoms with E-state index in [1.54, 1.807) is 18.9 Å². The molecule has 0 aromatic rings. The predicted molar refractivity (Wildman–Crippen MR) is 62.9 cm³/mol. The molecule has 84 valence electrons. The van der Waals surface area contributed by atoms with Crippen molar-refractivity contribution in [2.45, 2.75) is 45.5 Å². The number of methoxy groups -OCH3 is 1. The monoisotopic (exact) mass is 218 g/mol. The molecule has 0 aromatic heterocycles. The van der Waals surface area contributed by atoms with E-state index in [1.807, 2.05) is 27.0 Å². The molecule has 0 bridgehead atoms. The first-order chi connectivity index (χ1) is 6.32. The summed E-state index contributed by atoms with van der Waals surface area (Å²) >= 11 is 1.73. The predicted octanol–water partition coefficient (Wildman–Crippen LogP) is 2.76. The van der Waals surface area contributed by atoms with Gasteiger partial charge in [-0.05, 0) is 6.26 Å². The summed E-state index contributed by atoms with van der Waals surface area (Å²) in [5.74, 6) is 0.269. The summed E-state index contributed by atoms with van der Waals surface area (Å²) in [4.78, 5) is 11.8. The van der Waals surface area contributed by atoms with Crippen LogP contribution in [0.1, 0.15) is 34.1 Å². The molecule has 0 amide bonds. The van der Waals surface area contributed by atoms with Gasteiger partial charge in [-0.3, -0.25) is 4.79 Å². The van der Waals surface area contributed by atoms with Gasteiger partial charge in [0.25, 0.3) is 0 Å². The molecule has 0 fully saturated rings. The van der Waals surface area contributed by atoms with E-state index in [-0.39, 0.29) is 17.3 Å². The van der Waals surface area contributed by atoms with Gasteiger partial charge in [-0.1, -0.05) is 27.7 Å². The lowest BCUT2D eigenvalue weighted by molar-refractivity contribution is -0.128. The summed E-state index contributed by atoms with van der Waals surface area (Å²) in [6, 6.07) is 0. The number of rotatable bonds is 5. The Morgan fingerprint density at radius 3 is 2.21 bits per heavy atom. The van der Waals surface area contributed by atoms with Gasteiger partial charge in [0.2, 0.25) is 0 Å². The summed E-state index contributed by atoms with van der Waals surface area (Å²) in [7, 11) is 1.67. The highest BCUT2D eigenvalue weighted by Crippen LogP contribution is 2.22. The largest absolute Gasteiger partial charge is 0.380 e. The third-order valence-electron chi connectivity index (χ3n) is 2.42. The first-order valence-electron chi connectivity index (χ1n) is 4.91. The summed E-state index contributed by atoms with van der Waals surface area (Å²) in [6.07, 6.45) is 2.59. The van der Waals surface area contributed by atoms with E-state index < -0.39 is 0 Å². The number of hydrogen-bond acceptors (Lipinski definition) is 3. The molecule has 14 heavy (non-hydrogen) atoms. The number of ether oxygens (including phenoxy) is 1. The summed E-state index contributed by atoms with van der Waals surface area (Å²) in [5, 5.41) is 0.367. The van der Waals surface area contributed by atoms with Gasteiger partial charge >= 0.3 is 0 Å². The molecule has 0 aliphatic rings. The van der Waals surface area contributed by atoms with E-state index >= 15 is 0 Å². The molecule has 0 N–H and O–H groups in total. The maximum Gasteiger partial charge on any atom is 0.140 e. The molecule has 2 atom stereocenters. The molecule has 0 spiro atoms. The highest BCUT2D eigenvalue weighted by Gasteiger charge is 2.26. The number of Topliss-reactive ketones (excluding diaryl/α,β-unsaturated/α-hetero) is 1. The zero-order valence-electron chi connectivity index (χ0n) is 10.1. The van der Waals surface area contributed by atoms with Crippen LogP contribution in [0.3, 0.4) is 0 Å². The van der Waals surface area contributed by atoms with E-state index in [2.05, 4.69) is 6.92 Å². The Kier molecular flexibility index (Phi) is 5.75. The van der Waals surface area contributed by atoms with Crippen LogP contribution < -0.4 is 0 Å². The summed E-state index contributed by atoms with van der Waals surface area (Å²) in [6.45, 7) is 7.94. The van der Waals surface area contributed by atoms with Crippen molar-refractivity contribution in [2.75, 3.05) is 13.4 Å². The van der Waals surface area contributed by atoms with Crippen molar-refractivity contribution in [3.63, 3.8) is 0 Å². The quantitative estimate of drug-likeness (QED) is 0.710. The lowest BCUT2D eigenvalue weighted by Gasteiger charge is -2.24. The second kappa shape index (κ2) is 5.76. The maximum atomic E-state index is 11.8. The van der Waals surface area contributed by atoms with Gasteiger partial charge in [0.15, 0.2) is 0 Å². The first kappa shape index (κ1) is 14.0. The van der Waals surface area contributed by atoms with Crippen LogP contribution in [0.25, 0.3) is 0 Å². The minimum Gasteiger partial charge on any atom is -0.380 e.